The second-order valence-electron chi connectivity index (χ2n) is 5.45. The first-order valence-corrected chi connectivity index (χ1v) is 7.94. The molecule has 0 aliphatic heterocycles. The van der Waals surface area contributed by atoms with E-state index in [0.29, 0.717) is 13.0 Å². The summed E-state index contributed by atoms with van der Waals surface area (Å²) in [5.41, 5.74) is 1.19. The van der Waals surface area contributed by atoms with Gasteiger partial charge >= 0.3 is 5.97 Å². The van der Waals surface area contributed by atoms with Crippen LogP contribution < -0.4 is 10.1 Å². The average Bonchev–Trinajstić information content (AvgIpc) is 2.60. The van der Waals surface area contributed by atoms with Crippen molar-refractivity contribution >= 4 is 17.6 Å². The molecule has 2 rings (SSSR count). The van der Waals surface area contributed by atoms with Crippen LogP contribution >= 0.6 is 0 Å². The highest BCUT2D eigenvalue weighted by Crippen LogP contribution is 2.13. The van der Waals surface area contributed by atoms with Gasteiger partial charge in [-0.15, -0.1) is 0 Å². The van der Waals surface area contributed by atoms with Gasteiger partial charge in [-0.2, -0.15) is 0 Å². The summed E-state index contributed by atoms with van der Waals surface area (Å²) in [7, 11) is 0. The molecular weight excluding hydrogens is 325 g/mol. The third-order valence-corrected chi connectivity index (χ3v) is 3.33. The minimum absolute atomic E-state index is 0.0510. The SMILES string of the molecule is Cc1ccc(OCCCC(=O)OCC(=O)Nc2ccccc2F)cc1. The smallest absolute Gasteiger partial charge is 0.306 e. The van der Waals surface area contributed by atoms with E-state index in [1.807, 2.05) is 31.2 Å². The number of anilines is 1. The van der Waals surface area contributed by atoms with Gasteiger partial charge in [-0.3, -0.25) is 9.59 Å². The molecule has 1 N–H and O–H groups in total. The third kappa shape index (κ3) is 6.63. The van der Waals surface area contributed by atoms with Gasteiger partial charge in [0.1, 0.15) is 11.6 Å². The quantitative estimate of drug-likeness (QED) is 0.588. The molecule has 1 amide bonds. The van der Waals surface area contributed by atoms with E-state index in [1.54, 1.807) is 6.07 Å². The molecule has 0 saturated carbocycles. The van der Waals surface area contributed by atoms with Crippen LogP contribution in [0.4, 0.5) is 10.1 Å². The van der Waals surface area contributed by atoms with Gasteiger partial charge < -0.3 is 14.8 Å². The van der Waals surface area contributed by atoms with Gasteiger partial charge in [0.25, 0.3) is 5.91 Å². The zero-order valence-electron chi connectivity index (χ0n) is 14.0. The predicted octanol–water partition coefficient (Wildman–Crippen LogP) is 3.48. The van der Waals surface area contributed by atoms with Crippen LogP contribution in [0.5, 0.6) is 5.75 Å². The highest BCUT2D eigenvalue weighted by Gasteiger charge is 2.10. The van der Waals surface area contributed by atoms with Gasteiger partial charge in [-0.1, -0.05) is 29.8 Å². The van der Waals surface area contributed by atoms with Crippen LogP contribution in [0.2, 0.25) is 0 Å². The highest BCUT2D eigenvalue weighted by atomic mass is 19.1. The molecule has 0 aliphatic rings. The number of nitrogens with one attached hydrogen (secondary N) is 1. The van der Waals surface area contributed by atoms with E-state index in [1.165, 1.54) is 18.2 Å². The topological polar surface area (TPSA) is 64.6 Å². The molecule has 5 nitrogen and oxygen atoms in total. The van der Waals surface area contributed by atoms with Gasteiger partial charge in [0, 0.05) is 6.42 Å². The number of halogens is 1. The Morgan fingerprint density at radius 1 is 1.08 bits per heavy atom. The van der Waals surface area contributed by atoms with Crippen LogP contribution in [-0.4, -0.2) is 25.1 Å². The molecule has 0 aromatic heterocycles. The van der Waals surface area contributed by atoms with Crippen LogP contribution in [0.25, 0.3) is 0 Å². The number of ether oxygens (including phenoxy) is 2. The second-order valence-corrected chi connectivity index (χ2v) is 5.45. The third-order valence-electron chi connectivity index (χ3n) is 3.33. The molecule has 0 spiro atoms. The van der Waals surface area contributed by atoms with Crippen molar-refractivity contribution in [3.63, 3.8) is 0 Å². The largest absolute Gasteiger partial charge is 0.494 e. The number of esters is 1. The number of benzene rings is 2. The van der Waals surface area contributed by atoms with E-state index in [-0.39, 0.29) is 12.1 Å². The fourth-order valence-electron chi connectivity index (χ4n) is 2.01. The number of aryl methyl sites for hydroxylation is 1. The summed E-state index contributed by atoms with van der Waals surface area (Å²) in [6.07, 6.45) is 0.612. The Bertz CT molecular complexity index is 716. The van der Waals surface area contributed by atoms with Crippen LogP contribution in [0.15, 0.2) is 48.5 Å². The Kier molecular flexibility index (Phi) is 6.95. The Morgan fingerprint density at radius 3 is 2.52 bits per heavy atom. The van der Waals surface area contributed by atoms with Crippen molar-refractivity contribution in [2.75, 3.05) is 18.5 Å². The first-order valence-electron chi connectivity index (χ1n) is 7.94. The summed E-state index contributed by atoms with van der Waals surface area (Å²) in [6, 6.07) is 13.4. The zero-order valence-corrected chi connectivity index (χ0v) is 14.0. The second kappa shape index (κ2) is 9.42. The maximum absolute atomic E-state index is 13.4. The number of rotatable bonds is 8. The van der Waals surface area contributed by atoms with E-state index in [4.69, 9.17) is 9.47 Å². The van der Waals surface area contributed by atoms with Crippen LogP contribution in [0, 0.1) is 12.7 Å². The Balaban J connectivity index is 1.61. The molecule has 0 bridgehead atoms. The van der Waals surface area contributed by atoms with Crippen molar-refractivity contribution < 1.29 is 23.5 Å². The Labute approximate surface area is 145 Å². The Hall–Kier alpha value is -2.89. The number of hydrogen-bond acceptors (Lipinski definition) is 4. The first-order chi connectivity index (χ1) is 12.0. The number of amides is 1. The molecule has 0 aliphatic carbocycles. The molecule has 132 valence electrons. The average molecular weight is 345 g/mol. The molecule has 0 radical (unpaired) electrons. The summed E-state index contributed by atoms with van der Waals surface area (Å²) in [5.74, 6) is -0.899. The van der Waals surface area contributed by atoms with Crippen molar-refractivity contribution in [3.8, 4) is 5.75 Å². The molecule has 0 fully saturated rings. The van der Waals surface area contributed by atoms with Gasteiger partial charge in [-0.25, -0.2) is 4.39 Å². The van der Waals surface area contributed by atoms with E-state index in [2.05, 4.69) is 5.32 Å². The zero-order chi connectivity index (χ0) is 18.1. The lowest BCUT2D eigenvalue weighted by Crippen LogP contribution is -2.21. The number of hydrogen-bond donors (Lipinski definition) is 1. The first kappa shape index (κ1) is 18.4. The van der Waals surface area contributed by atoms with Gasteiger partial charge in [0.15, 0.2) is 6.61 Å². The monoisotopic (exact) mass is 345 g/mol. The summed E-state index contributed by atoms with van der Waals surface area (Å²) >= 11 is 0. The Morgan fingerprint density at radius 2 is 1.80 bits per heavy atom. The predicted molar refractivity (Wildman–Crippen MR) is 91.9 cm³/mol. The molecule has 0 unspecified atom stereocenters. The van der Waals surface area contributed by atoms with Crippen LogP contribution in [0.3, 0.4) is 0 Å². The summed E-state index contributed by atoms with van der Waals surface area (Å²) in [6.45, 7) is 1.91. The normalized spacial score (nSPS) is 10.2. The summed E-state index contributed by atoms with van der Waals surface area (Å²) in [4.78, 5) is 23.2. The fraction of sp³-hybridized carbons (Fsp3) is 0.263. The highest BCUT2D eigenvalue weighted by molar-refractivity contribution is 5.92. The molecular formula is C19H20FNO4. The van der Waals surface area contributed by atoms with E-state index >= 15 is 0 Å². The fourth-order valence-corrected chi connectivity index (χ4v) is 2.01. The maximum Gasteiger partial charge on any atom is 0.306 e. The molecule has 25 heavy (non-hydrogen) atoms. The summed E-state index contributed by atoms with van der Waals surface area (Å²) < 4.78 is 23.7. The van der Waals surface area contributed by atoms with Crippen molar-refractivity contribution in [2.45, 2.75) is 19.8 Å². The van der Waals surface area contributed by atoms with Gasteiger partial charge in [0.2, 0.25) is 0 Å². The van der Waals surface area contributed by atoms with E-state index < -0.39 is 24.3 Å². The van der Waals surface area contributed by atoms with Gasteiger partial charge in [0.05, 0.1) is 12.3 Å². The molecule has 0 saturated heterocycles. The van der Waals surface area contributed by atoms with Crippen molar-refractivity contribution in [1.29, 1.82) is 0 Å². The lowest BCUT2D eigenvalue weighted by atomic mass is 10.2. The molecule has 0 heterocycles. The molecule has 2 aromatic rings. The number of carbonyl (C=O) groups is 2. The van der Waals surface area contributed by atoms with Crippen LogP contribution in [-0.2, 0) is 14.3 Å². The van der Waals surface area contributed by atoms with Gasteiger partial charge in [-0.05, 0) is 37.6 Å². The van der Waals surface area contributed by atoms with Crippen molar-refractivity contribution in [2.24, 2.45) is 0 Å². The van der Waals surface area contributed by atoms with Crippen molar-refractivity contribution in [3.05, 3.63) is 59.9 Å². The molecule has 2 aromatic carbocycles. The minimum Gasteiger partial charge on any atom is -0.494 e. The molecule has 0 atom stereocenters. The standard InChI is InChI=1S/C19H20FNO4/c1-14-8-10-15(11-9-14)24-12-4-7-19(23)25-13-18(22)21-17-6-3-2-5-16(17)20/h2-3,5-6,8-11H,4,7,12-13H2,1H3,(H,21,22). The van der Waals surface area contributed by atoms with E-state index in [0.717, 1.165) is 11.3 Å². The lowest BCUT2D eigenvalue weighted by molar-refractivity contribution is -0.147. The maximum atomic E-state index is 13.4. The number of carbonyl (C=O) groups excluding carboxylic acids is 2. The molecule has 6 heteroatoms. The van der Waals surface area contributed by atoms with Crippen LogP contribution in [0.1, 0.15) is 18.4 Å². The van der Waals surface area contributed by atoms with Crippen molar-refractivity contribution in [1.82, 2.24) is 0 Å². The minimum atomic E-state index is -0.589. The number of para-hydroxylation sites is 1. The lowest BCUT2D eigenvalue weighted by Gasteiger charge is -2.08. The van der Waals surface area contributed by atoms with E-state index in [9.17, 15) is 14.0 Å². The summed E-state index contributed by atoms with van der Waals surface area (Å²) in [5, 5.41) is 2.34.